The second kappa shape index (κ2) is 16.1. The van der Waals surface area contributed by atoms with Crippen molar-refractivity contribution < 1.29 is 0 Å². The lowest BCUT2D eigenvalue weighted by molar-refractivity contribution is 1.16. The molecule has 0 fully saturated rings. The number of nitrogens with zero attached hydrogens (tertiary/aromatic N) is 3. The highest BCUT2D eigenvalue weighted by molar-refractivity contribution is 7.20. The molecule has 0 bridgehead atoms. The summed E-state index contributed by atoms with van der Waals surface area (Å²) in [6.45, 7) is 0. The maximum Gasteiger partial charge on any atom is 0.180 e. The van der Waals surface area contributed by atoms with Gasteiger partial charge in [-0.05, 0) is 105 Å². The molecule has 70 heavy (non-hydrogen) atoms. The number of rotatable bonds is 8. The largest absolute Gasteiger partial charge is 0.309 e. The fourth-order valence-electron chi connectivity index (χ4n) is 11.8. The van der Waals surface area contributed by atoms with Crippen molar-refractivity contribution in [3.8, 4) is 28.2 Å². The Balaban J connectivity index is 0.983. The molecule has 11 aromatic carbocycles. The molecule has 4 heteroatoms. The van der Waals surface area contributed by atoms with Crippen LogP contribution in [0.4, 0.5) is 0 Å². The van der Waals surface area contributed by atoms with Crippen LogP contribution in [0.15, 0.2) is 273 Å². The van der Waals surface area contributed by atoms with E-state index < -0.39 is 8.07 Å². The first kappa shape index (κ1) is 40.1. The van der Waals surface area contributed by atoms with Gasteiger partial charge in [-0.15, -0.1) is 0 Å². The fourth-order valence-corrected chi connectivity index (χ4v) is 16.8. The molecule has 0 unspecified atom stereocenters. The number of hydrogen-bond acceptors (Lipinski definition) is 0. The monoisotopic (exact) mass is 907 g/mol. The third kappa shape index (κ3) is 6.00. The van der Waals surface area contributed by atoms with Gasteiger partial charge in [0.25, 0.3) is 0 Å². The topological polar surface area (TPSA) is 14.8 Å². The first-order valence-electron chi connectivity index (χ1n) is 24.2. The summed E-state index contributed by atoms with van der Waals surface area (Å²) in [4.78, 5) is 0. The average molecular weight is 908 g/mol. The van der Waals surface area contributed by atoms with Gasteiger partial charge < -0.3 is 13.7 Å². The molecule has 0 aliphatic rings. The highest BCUT2D eigenvalue weighted by Gasteiger charge is 2.42. The fraction of sp³-hybridized carbons (Fsp3) is 0. The summed E-state index contributed by atoms with van der Waals surface area (Å²) in [7, 11) is -2.80. The Hall–Kier alpha value is -8.96. The third-order valence-electron chi connectivity index (χ3n) is 14.8. The first-order chi connectivity index (χ1) is 34.8. The molecular formula is C66H45N3Si. The second-order valence-electron chi connectivity index (χ2n) is 18.4. The Kier molecular flexibility index (Phi) is 9.23. The van der Waals surface area contributed by atoms with Gasteiger partial charge in [0, 0.05) is 49.4 Å². The molecule has 0 aliphatic heterocycles. The smallest absolute Gasteiger partial charge is 0.180 e. The van der Waals surface area contributed by atoms with E-state index in [1.54, 1.807) is 0 Å². The van der Waals surface area contributed by atoms with Crippen molar-refractivity contribution in [1.82, 2.24) is 13.7 Å². The van der Waals surface area contributed by atoms with Crippen molar-refractivity contribution in [2.24, 2.45) is 0 Å². The molecule has 0 amide bonds. The van der Waals surface area contributed by atoms with Gasteiger partial charge in [0.05, 0.1) is 33.1 Å². The van der Waals surface area contributed by atoms with E-state index in [9.17, 15) is 0 Å². The van der Waals surface area contributed by atoms with E-state index >= 15 is 0 Å². The van der Waals surface area contributed by atoms with E-state index in [4.69, 9.17) is 0 Å². The number of fused-ring (bicyclic) bond motifs is 9. The Morgan fingerprint density at radius 2 is 0.543 bits per heavy atom. The van der Waals surface area contributed by atoms with Crippen LogP contribution in [-0.2, 0) is 0 Å². The highest BCUT2D eigenvalue weighted by atomic mass is 28.3. The molecule has 14 aromatic rings. The van der Waals surface area contributed by atoms with Gasteiger partial charge >= 0.3 is 0 Å². The Morgan fingerprint density at radius 3 is 0.957 bits per heavy atom. The summed E-state index contributed by atoms with van der Waals surface area (Å²) in [5.41, 5.74) is 13.0. The lowest BCUT2D eigenvalue weighted by Crippen LogP contribution is -2.75. The van der Waals surface area contributed by atoms with Crippen LogP contribution < -0.4 is 20.7 Å². The highest BCUT2D eigenvalue weighted by Crippen LogP contribution is 2.40. The third-order valence-corrected chi connectivity index (χ3v) is 19.6. The molecule has 0 radical (unpaired) electrons. The van der Waals surface area contributed by atoms with Gasteiger partial charge in [0.15, 0.2) is 8.07 Å². The molecule has 0 N–H and O–H groups in total. The number of benzene rings is 11. The second-order valence-corrected chi connectivity index (χ2v) is 22.2. The summed E-state index contributed by atoms with van der Waals surface area (Å²) >= 11 is 0. The van der Waals surface area contributed by atoms with Crippen LogP contribution in [0.5, 0.6) is 0 Å². The predicted molar refractivity (Wildman–Crippen MR) is 299 cm³/mol. The molecule has 0 aliphatic carbocycles. The zero-order chi connectivity index (χ0) is 46.2. The molecular weight excluding hydrogens is 863 g/mol. The van der Waals surface area contributed by atoms with Crippen LogP contribution in [0.3, 0.4) is 0 Å². The van der Waals surface area contributed by atoms with Gasteiger partial charge in [-0.25, -0.2) is 0 Å². The van der Waals surface area contributed by atoms with Crippen molar-refractivity contribution in [3.05, 3.63) is 273 Å². The number of para-hydroxylation sites is 4. The molecule has 3 heterocycles. The van der Waals surface area contributed by atoms with Crippen molar-refractivity contribution in [2.45, 2.75) is 0 Å². The van der Waals surface area contributed by atoms with E-state index in [-0.39, 0.29) is 0 Å². The molecule has 0 atom stereocenters. The zero-order valence-electron chi connectivity index (χ0n) is 38.3. The van der Waals surface area contributed by atoms with Crippen LogP contribution in [0.25, 0.3) is 93.6 Å². The van der Waals surface area contributed by atoms with Crippen LogP contribution >= 0.6 is 0 Å². The van der Waals surface area contributed by atoms with Gasteiger partial charge in [-0.2, -0.15) is 0 Å². The Bertz CT molecular complexity index is 3900. The maximum absolute atomic E-state index is 2.80. The molecule has 0 saturated heterocycles. The molecule has 0 spiro atoms. The van der Waals surface area contributed by atoms with Gasteiger partial charge in [0.1, 0.15) is 0 Å². The summed E-state index contributed by atoms with van der Waals surface area (Å²) in [6.07, 6.45) is 0. The quantitative estimate of drug-likeness (QED) is 0.107. The summed E-state index contributed by atoms with van der Waals surface area (Å²) in [5, 5.41) is 12.9. The normalized spacial score (nSPS) is 12.0. The van der Waals surface area contributed by atoms with Crippen molar-refractivity contribution in [3.63, 3.8) is 0 Å². The minimum atomic E-state index is -2.80. The van der Waals surface area contributed by atoms with Crippen LogP contribution in [-0.4, -0.2) is 21.8 Å². The lowest BCUT2D eigenvalue weighted by Gasteiger charge is -2.36. The standard InChI is InChI=1S/C66H45N3Si/c1-4-20-50(21-5-1)70(51-22-6-2-7-23-51,52-24-8-3-9-25-52)66-35-19-14-26-53(66)46-36-38-47(39-37-46)67-64-42-40-48(68-60-31-15-10-27-54(60)55-28-11-16-32-61(55)68)44-58(64)59-45-49(41-43-65(59)67)69-62-33-17-12-29-56(62)57-30-13-18-34-63(57)69/h1-45H. The minimum Gasteiger partial charge on any atom is -0.309 e. The SMILES string of the molecule is c1ccc([Si](c2ccccc2)(c2ccccc2)c2ccccc2-c2ccc(-n3c4ccc(-n5c6ccccc6c6ccccc65)cc4c4cc(-n5c6ccccc6c6ccccc65)ccc43)cc2)cc1. The molecule has 3 aromatic heterocycles. The zero-order valence-corrected chi connectivity index (χ0v) is 39.3. The number of hydrogen-bond donors (Lipinski definition) is 0. The maximum atomic E-state index is 2.46. The number of aromatic nitrogens is 3. The van der Waals surface area contributed by atoms with E-state index in [1.807, 2.05) is 0 Å². The minimum absolute atomic E-state index is 1.12. The molecule has 0 saturated carbocycles. The van der Waals surface area contributed by atoms with Crippen LogP contribution in [0, 0.1) is 0 Å². The predicted octanol–water partition coefficient (Wildman–Crippen LogP) is 14.0. The Labute approximate surface area is 407 Å². The first-order valence-corrected chi connectivity index (χ1v) is 26.2. The molecule has 3 nitrogen and oxygen atoms in total. The molecule has 328 valence electrons. The van der Waals surface area contributed by atoms with E-state index in [2.05, 4.69) is 287 Å². The van der Waals surface area contributed by atoms with Gasteiger partial charge in [0.2, 0.25) is 0 Å². The van der Waals surface area contributed by atoms with Crippen molar-refractivity contribution in [2.75, 3.05) is 0 Å². The van der Waals surface area contributed by atoms with Crippen molar-refractivity contribution in [1.29, 1.82) is 0 Å². The lowest BCUT2D eigenvalue weighted by atomic mass is 10.1. The van der Waals surface area contributed by atoms with E-state index in [0.29, 0.717) is 0 Å². The van der Waals surface area contributed by atoms with E-state index in [0.717, 1.165) is 28.1 Å². The van der Waals surface area contributed by atoms with Crippen LogP contribution in [0.1, 0.15) is 0 Å². The summed E-state index contributed by atoms with van der Waals surface area (Å²) < 4.78 is 7.32. The van der Waals surface area contributed by atoms with E-state index in [1.165, 1.54) is 86.3 Å². The van der Waals surface area contributed by atoms with Crippen molar-refractivity contribution >= 4 is 94.2 Å². The van der Waals surface area contributed by atoms with Gasteiger partial charge in [-0.3, -0.25) is 0 Å². The summed E-state index contributed by atoms with van der Waals surface area (Å²) in [6, 6.07) is 101. The van der Waals surface area contributed by atoms with Gasteiger partial charge in [-0.1, -0.05) is 200 Å². The average Bonchev–Trinajstić information content (AvgIpc) is 4.07. The summed E-state index contributed by atoms with van der Waals surface area (Å²) in [5.74, 6) is 0. The molecule has 14 rings (SSSR count). The van der Waals surface area contributed by atoms with Crippen LogP contribution in [0.2, 0.25) is 0 Å². The Morgan fingerprint density at radius 1 is 0.229 bits per heavy atom.